The Hall–Kier alpha value is -4.41. The first kappa shape index (κ1) is 32.1. The van der Waals surface area contributed by atoms with Gasteiger partial charge in [0.1, 0.15) is 17.9 Å². The van der Waals surface area contributed by atoms with E-state index in [4.69, 9.17) is 28.3 Å². The fraction of sp³-hybridized carbons (Fsp3) is 0.452. The molecule has 3 atom stereocenters. The Balaban J connectivity index is 1.85. The van der Waals surface area contributed by atoms with Crippen LogP contribution in [0.15, 0.2) is 53.5 Å². The first-order chi connectivity index (χ1) is 20.1. The molecule has 0 aliphatic heterocycles. The van der Waals surface area contributed by atoms with Crippen LogP contribution in [0.5, 0.6) is 0 Å². The van der Waals surface area contributed by atoms with Crippen molar-refractivity contribution in [2.24, 2.45) is 33.8 Å². The maximum atomic E-state index is 14.1. The fourth-order valence-corrected chi connectivity index (χ4v) is 5.55. The normalized spacial score (nSPS) is 15.5. The zero-order valence-electron chi connectivity index (χ0n) is 24.3. The average molecular weight is 577 g/mol. The van der Waals surface area contributed by atoms with Gasteiger partial charge < -0.3 is 33.6 Å². The van der Waals surface area contributed by atoms with Crippen molar-refractivity contribution in [2.45, 2.75) is 76.3 Å². The Kier molecular flexibility index (Phi) is 11.9. The number of carbonyl (C=O) groups is 3. The van der Waals surface area contributed by atoms with E-state index < -0.39 is 29.8 Å². The highest BCUT2D eigenvalue weighted by molar-refractivity contribution is 5.95. The van der Waals surface area contributed by atoms with E-state index in [0.29, 0.717) is 24.9 Å². The SMILES string of the molecule is Cc1ccccc1C(Cc1ccc(C(=N)N)cc1)C(=O)N[C@H](C(=O)N[C@@H](CCCN=C(N)N)C(N)=O)C1CCCCC1. The molecule has 0 radical (unpaired) electrons. The number of amidine groups is 1. The first-order valence-electron chi connectivity index (χ1n) is 14.5. The third kappa shape index (κ3) is 9.32. The Morgan fingerprint density at radius 3 is 2.19 bits per heavy atom. The zero-order chi connectivity index (χ0) is 30.6. The molecule has 11 N–H and O–H groups in total. The maximum absolute atomic E-state index is 14.1. The van der Waals surface area contributed by atoms with Gasteiger partial charge in [-0.2, -0.15) is 0 Å². The summed E-state index contributed by atoms with van der Waals surface area (Å²) in [6, 6.07) is 13.2. The number of carbonyl (C=O) groups excluding carboxylic acids is 3. The second kappa shape index (κ2) is 15.6. The highest BCUT2D eigenvalue weighted by Crippen LogP contribution is 2.29. The number of benzene rings is 2. The van der Waals surface area contributed by atoms with Crippen molar-refractivity contribution in [3.8, 4) is 0 Å². The van der Waals surface area contributed by atoms with Crippen LogP contribution in [0.4, 0.5) is 0 Å². The summed E-state index contributed by atoms with van der Waals surface area (Å²) < 4.78 is 0. The lowest BCUT2D eigenvalue weighted by Gasteiger charge is -2.32. The molecule has 2 aromatic rings. The number of primary amides is 1. The molecule has 0 heterocycles. The lowest BCUT2D eigenvalue weighted by Crippen LogP contribution is -2.56. The number of amides is 3. The van der Waals surface area contributed by atoms with Gasteiger partial charge in [0.25, 0.3) is 0 Å². The molecule has 3 amide bonds. The molecule has 0 spiro atoms. The van der Waals surface area contributed by atoms with Gasteiger partial charge in [-0.05, 0) is 61.6 Å². The number of aryl methyl sites for hydroxylation is 1. The predicted molar refractivity (Wildman–Crippen MR) is 165 cm³/mol. The Morgan fingerprint density at radius 1 is 0.929 bits per heavy atom. The summed E-state index contributed by atoms with van der Waals surface area (Å²) in [5, 5.41) is 13.5. The smallest absolute Gasteiger partial charge is 0.243 e. The van der Waals surface area contributed by atoms with Crippen LogP contribution in [-0.2, 0) is 20.8 Å². The number of hydrogen-bond acceptors (Lipinski definition) is 5. The molecule has 1 unspecified atom stereocenters. The van der Waals surface area contributed by atoms with Gasteiger partial charge in [-0.3, -0.25) is 24.8 Å². The summed E-state index contributed by atoms with van der Waals surface area (Å²) >= 11 is 0. The molecule has 0 bridgehead atoms. The molecule has 0 aromatic heterocycles. The van der Waals surface area contributed by atoms with Gasteiger partial charge in [0, 0.05) is 12.1 Å². The van der Waals surface area contributed by atoms with Crippen LogP contribution in [0, 0.1) is 18.3 Å². The van der Waals surface area contributed by atoms with Gasteiger partial charge in [-0.15, -0.1) is 0 Å². The van der Waals surface area contributed by atoms with Gasteiger partial charge in [0.2, 0.25) is 17.7 Å². The third-order valence-corrected chi connectivity index (χ3v) is 7.89. The molecule has 226 valence electrons. The second-order valence-electron chi connectivity index (χ2n) is 11.0. The number of aliphatic imine (C=N–C) groups is 1. The molecular weight excluding hydrogens is 532 g/mol. The van der Waals surface area contributed by atoms with Crippen molar-refractivity contribution in [1.29, 1.82) is 5.41 Å². The van der Waals surface area contributed by atoms with Crippen LogP contribution in [0.25, 0.3) is 0 Å². The van der Waals surface area contributed by atoms with Crippen molar-refractivity contribution in [3.63, 3.8) is 0 Å². The Bertz CT molecular complexity index is 1270. The molecule has 1 aliphatic rings. The quantitative estimate of drug-likeness (QED) is 0.101. The fourth-order valence-electron chi connectivity index (χ4n) is 5.55. The molecule has 1 saturated carbocycles. The first-order valence-corrected chi connectivity index (χ1v) is 14.5. The van der Waals surface area contributed by atoms with Crippen molar-refractivity contribution in [2.75, 3.05) is 6.54 Å². The third-order valence-electron chi connectivity index (χ3n) is 7.89. The lowest BCUT2D eigenvalue weighted by molar-refractivity contribution is -0.133. The van der Waals surface area contributed by atoms with Crippen molar-refractivity contribution in [3.05, 3.63) is 70.8 Å². The minimum atomic E-state index is -0.915. The molecule has 3 rings (SSSR count). The van der Waals surface area contributed by atoms with Gasteiger partial charge in [-0.25, -0.2) is 0 Å². The number of nitrogens with one attached hydrogen (secondary N) is 3. The summed E-state index contributed by atoms with van der Waals surface area (Å²) in [6.07, 6.45) is 5.71. The molecule has 11 heteroatoms. The molecule has 2 aromatic carbocycles. The van der Waals surface area contributed by atoms with Crippen LogP contribution in [0.1, 0.15) is 73.1 Å². The Morgan fingerprint density at radius 2 is 1.60 bits per heavy atom. The van der Waals surface area contributed by atoms with Crippen molar-refractivity contribution < 1.29 is 14.4 Å². The summed E-state index contributed by atoms with van der Waals surface area (Å²) in [4.78, 5) is 43.9. The van der Waals surface area contributed by atoms with E-state index in [-0.39, 0.29) is 30.0 Å². The summed E-state index contributed by atoms with van der Waals surface area (Å²) in [7, 11) is 0. The molecule has 1 fully saturated rings. The van der Waals surface area contributed by atoms with E-state index in [9.17, 15) is 14.4 Å². The molecule has 0 saturated heterocycles. The molecule has 1 aliphatic carbocycles. The number of nitrogen functional groups attached to an aromatic ring is 1. The topological polar surface area (TPSA) is 216 Å². The molecule has 42 heavy (non-hydrogen) atoms. The number of guanidine groups is 1. The predicted octanol–water partition coefficient (Wildman–Crippen LogP) is 1.69. The van der Waals surface area contributed by atoms with Gasteiger partial charge >= 0.3 is 0 Å². The summed E-state index contributed by atoms with van der Waals surface area (Å²) in [5.41, 5.74) is 25.3. The van der Waals surface area contributed by atoms with Gasteiger partial charge in [-0.1, -0.05) is 67.8 Å². The zero-order valence-corrected chi connectivity index (χ0v) is 24.3. The minimum absolute atomic E-state index is 0.0263. The molecule has 11 nitrogen and oxygen atoms in total. The van der Waals surface area contributed by atoms with E-state index in [2.05, 4.69) is 15.6 Å². The van der Waals surface area contributed by atoms with Crippen LogP contribution in [-0.4, -0.2) is 48.1 Å². The van der Waals surface area contributed by atoms with Crippen LogP contribution >= 0.6 is 0 Å². The highest BCUT2D eigenvalue weighted by atomic mass is 16.2. The van der Waals surface area contributed by atoms with E-state index in [1.807, 2.05) is 43.3 Å². The van der Waals surface area contributed by atoms with Crippen molar-refractivity contribution >= 4 is 29.5 Å². The standard InChI is InChI=1S/C31H44N8O3/c1-19-8-5-6-11-23(19)24(18-20-13-15-22(16-14-20)27(32)33)29(41)39-26(21-9-3-2-4-10-21)30(42)38-25(28(34)40)12-7-17-37-31(35)36/h5-6,8,11,13-16,21,24-26H,2-4,7,9-10,12,17-18H2,1H3,(H3,32,33)(H2,34,40)(H,38,42)(H,39,41)(H4,35,36,37)/t24?,25-,26-/m0/s1. The summed E-state index contributed by atoms with van der Waals surface area (Å²) in [6.45, 7) is 2.26. The van der Waals surface area contributed by atoms with Crippen molar-refractivity contribution in [1.82, 2.24) is 10.6 Å². The Labute approximate surface area is 247 Å². The van der Waals surface area contributed by atoms with Crippen LogP contribution in [0.2, 0.25) is 0 Å². The van der Waals surface area contributed by atoms with E-state index in [0.717, 1.165) is 48.8 Å². The number of rotatable bonds is 14. The lowest BCUT2D eigenvalue weighted by atomic mass is 9.82. The second-order valence-corrected chi connectivity index (χ2v) is 11.0. The largest absolute Gasteiger partial charge is 0.384 e. The highest BCUT2D eigenvalue weighted by Gasteiger charge is 2.35. The molecular formula is C31H44N8O3. The van der Waals surface area contributed by atoms with E-state index >= 15 is 0 Å². The van der Waals surface area contributed by atoms with Crippen LogP contribution < -0.4 is 33.6 Å². The van der Waals surface area contributed by atoms with Gasteiger partial charge in [0.15, 0.2) is 5.96 Å². The monoisotopic (exact) mass is 576 g/mol. The van der Waals surface area contributed by atoms with E-state index in [1.54, 1.807) is 12.1 Å². The van der Waals surface area contributed by atoms with Gasteiger partial charge in [0.05, 0.1) is 5.92 Å². The summed E-state index contributed by atoms with van der Waals surface area (Å²) in [5.74, 6) is -2.06. The van der Waals surface area contributed by atoms with E-state index in [1.165, 1.54) is 0 Å². The maximum Gasteiger partial charge on any atom is 0.243 e. The number of nitrogens with zero attached hydrogens (tertiary/aromatic N) is 1. The van der Waals surface area contributed by atoms with Crippen LogP contribution in [0.3, 0.4) is 0 Å². The minimum Gasteiger partial charge on any atom is -0.384 e. The average Bonchev–Trinajstić information content (AvgIpc) is 2.96. The number of nitrogens with two attached hydrogens (primary N) is 4. The number of hydrogen-bond donors (Lipinski definition) is 7.